The van der Waals surface area contributed by atoms with Gasteiger partial charge in [0.2, 0.25) is 0 Å². The molecule has 0 aliphatic carbocycles. The van der Waals surface area contributed by atoms with Gasteiger partial charge in [-0.15, -0.1) is 0 Å². The second kappa shape index (κ2) is 3.96. The predicted octanol–water partition coefficient (Wildman–Crippen LogP) is -1.43. The molecule has 2 N–H and O–H groups in total. The first kappa shape index (κ1) is 11.0. The summed E-state index contributed by atoms with van der Waals surface area (Å²) in [7, 11) is 3.44. The molecule has 1 heterocycles. The van der Waals surface area contributed by atoms with Crippen molar-refractivity contribution >= 4 is 7.85 Å². The molecule has 0 aromatic heterocycles. The van der Waals surface area contributed by atoms with Gasteiger partial charge < -0.3 is 19.7 Å². The van der Waals surface area contributed by atoms with Gasteiger partial charge in [0.25, 0.3) is 0 Å². The zero-order valence-electron chi connectivity index (χ0n) is 8.36. The van der Waals surface area contributed by atoms with Gasteiger partial charge in [-0.05, 0) is 5.82 Å². The number of methoxy groups -OCH3 is 1. The molecule has 4 nitrogen and oxygen atoms in total. The van der Waals surface area contributed by atoms with Gasteiger partial charge in [0.05, 0.1) is 19.3 Å². The fraction of sp³-hybridized carbons (Fsp3) is 1.00. The van der Waals surface area contributed by atoms with E-state index in [-0.39, 0.29) is 25.1 Å². The first-order valence-electron chi connectivity index (χ1n) is 4.52. The quantitative estimate of drug-likeness (QED) is 0.533. The Morgan fingerprint density at radius 1 is 1.77 bits per heavy atom. The van der Waals surface area contributed by atoms with Gasteiger partial charge in [-0.25, -0.2) is 0 Å². The summed E-state index contributed by atoms with van der Waals surface area (Å²) in [5.74, 6) is 0.195. The summed E-state index contributed by atoms with van der Waals surface area (Å²) in [6.45, 7) is 2.20. The van der Waals surface area contributed by atoms with Crippen LogP contribution in [0.15, 0.2) is 0 Å². The van der Waals surface area contributed by atoms with Crippen LogP contribution >= 0.6 is 0 Å². The maximum Gasteiger partial charge on any atom is 0.139 e. The minimum absolute atomic E-state index is 0.109. The number of ether oxygens (including phenoxy) is 2. The first-order valence-corrected chi connectivity index (χ1v) is 4.52. The fourth-order valence-corrected chi connectivity index (χ4v) is 1.66. The lowest BCUT2D eigenvalue weighted by atomic mass is 9.80. The summed E-state index contributed by atoms with van der Waals surface area (Å²) < 4.78 is 10.2. The summed E-state index contributed by atoms with van der Waals surface area (Å²) in [5.41, 5.74) is -1.23. The molecule has 0 radical (unpaired) electrons. The molecule has 0 aromatic carbocycles. The van der Waals surface area contributed by atoms with E-state index in [0.717, 1.165) is 0 Å². The van der Waals surface area contributed by atoms with Crippen molar-refractivity contribution in [3.8, 4) is 0 Å². The third kappa shape index (κ3) is 2.04. The summed E-state index contributed by atoms with van der Waals surface area (Å²) in [6.07, 6.45) is -1.15. The molecule has 0 spiro atoms. The van der Waals surface area contributed by atoms with E-state index in [1.807, 2.05) is 14.8 Å². The second-order valence-electron chi connectivity index (χ2n) is 4.00. The van der Waals surface area contributed by atoms with Crippen molar-refractivity contribution in [1.29, 1.82) is 0 Å². The van der Waals surface area contributed by atoms with Gasteiger partial charge in [-0.3, -0.25) is 0 Å². The maximum atomic E-state index is 9.88. The lowest BCUT2D eigenvalue weighted by Gasteiger charge is -2.26. The van der Waals surface area contributed by atoms with Gasteiger partial charge in [-0.1, -0.05) is 6.92 Å². The highest BCUT2D eigenvalue weighted by Gasteiger charge is 2.48. The van der Waals surface area contributed by atoms with Crippen molar-refractivity contribution < 1.29 is 19.7 Å². The largest absolute Gasteiger partial charge is 0.387 e. The second-order valence-corrected chi connectivity index (χ2v) is 4.00. The van der Waals surface area contributed by atoms with Gasteiger partial charge in [-0.2, -0.15) is 0 Å². The summed E-state index contributed by atoms with van der Waals surface area (Å²) in [5, 5.41) is 19.6. The van der Waals surface area contributed by atoms with E-state index in [4.69, 9.17) is 9.47 Å². The Kier molecular flexibility index (Phi) is 3.35. The highest BCUT2D eigenvalue weighted by atomic mass is 16.6. The molecule has 0 saturated carbocycles. The SMILES string of the molecule is B[C@H](C)C1OC[C@](O)(COC)C1O. The van der Waals surface area contributed by atoms with E-state index in [1.165, 1.54) is 7.11 Å². The minimum Gasteiger partial charge on any atom is -0.387 e. The number of hydrogen-bond acceptors (Lipinski definition) is 4. The Bertz CT molecular complexity index is 176. The molecule has 76 valence electrons. The molecule has 1 rings (SSSR count). The lowest BCUT2D eigenvalue weighted by molar-refractivity contribution is -0.0910. The Morgan fingerprint density at radius 2 is 2.38 bits per heavy atom. The van der Waals surface area contributed by atoms with Crippen LogP contribution in [-0.4, -0.2) is 56.2 Å². The fourth-order valence-electron chi connectivity index (χ4n) is 1.66. The zero-order chi connectivity index (χ0) is 10.1. The van der Waals surface area contributed by atoms with Crippen LogP contribution in [0.4, 0.5) is 0 Å². The van der Waals surface area contributed by atoms with E-state index in [2.05, 4.69) is 0 Å². The molecule has 1 aliphatic rings. The molecule has 13 heavy (non-hydrogen) atoms. The van der Waals surface area contributed by atoms with Crippen LogP contribution in [0.25, 0.3) is 0 Å². The highest BCUT2D eigenvalue weighted by molar-refractivity contribution is 6.11. The van der Waals surface area contributed by atoms with E-state index in [0.29, 0.717) is 0 Å². The van der Waals surface area contributed by atoms with Crippen LogP contribution in [-0.2, 0) is 9.47 Å². The van der Waals surface area contributed by atoms with Gasteiger partial charge in [0.15, 0.2) is 0 Å². The smallest absolute Gasteiger partial charge is 0.139 e. The van der Waals surface area contributed by atoms with Crippen LogP contribution in [0.5, 0.6) is 0 Å². The summed E-state index contributed by atoms with van der Waals surface area (Å²) in [4.78, 5) is 0. The monoisotopic (exact) mass is 188 g/mol. The normalized spacial score (nSPS) is 42.2. The molecule has 5 heteroatoms. The summed E-state index contributed by atoms with van der Waals surface area (Å²) >= 11 is 0. The van der Waals surface area contributed by atoms with E-state index in [9.17, 15) is 10.2 Å². The van der Waals surface area contributed by atoms with Crippen LogP contribution in [0.3, 0.4) is 0 Å². The Labute approximate surface area is 79.3 Å². The van der Waals surface area contributed by atoms with Crippen molar-refractivity contribution in [3.05, 3.63) is 0 Å². The first-order chi connectivity index (χ1) is 6.01. The number of hydrogen-bond donors (Lipinski definition) is 2. The van der Waals surface area contributed by atoms with E-state index < -0.39 is 11.7 Å². The molecular formula is C8H17BO4. The topological polar surface area (TPSA) is 58.9 Å². The summed E-state index contributed by atoms with van der Waals surface area (Å²) in [6, 6.07) is 0. The average Bonchev–Trinajstić information content (AvgIpc) is 2.30. The third-order valence-electron chi connectivity index (χ3n) is 2.44. The molecule has 0 bridgehead atoms. The molecule has 0 aromatic rings. The predicted molar refractivity (Wildman–Crippen MR) is 50.5 cm³/mol. The lowest BCUT2D eigenvalue weighted by Crippen LogP contribution is -2.48. The van der Waals surface area contributed by atoms with Crippen molar-refractivity contribution in [3.63, 3.8) is 0 Å². The molecular weight excluding hydrogens is 171 g/mol. The molecule has 1 aliphatic heterocycles. The highest BCUT2D eigenvalue weighted by Crippen LogP contribution is 2.30. The van der Waals surface area contributed by atoms with Crippen molar-refractivity contribution in [1.82, 2.24) is 0 Å². The molecule has 4 atom stereocenters. The van der Waals surface area contributed by atoms with E-state index in [1.54, 1.807) is 0 Å². The number of rotatable bonds is 3. The Hall–Kier alpha value is -0.0951. The average molecular weight is 188 g/mol. The van der Waals surface area contributed by atoms with Crippen LogP contribution in [0, 0.1) is 0 Å². The number of aliphatic hydroxyl groups is 2. The van der Waals surface area contributed by atoms with E-state index >= 15 is 0 Å². The van der Waals surface area contributed by atoms with Crippen LogP contribution in [0.2, 0.25) is 5.82 Å². The molecule has 1 fully saturated rings. The van der Waals surface area contributed by atoms with Gasteiger partial charge in [0.1, 0.15) is 19.6 Å². The van der Waals surface area contributed by atoms with Crippen LogP contribution in [0.1, 0.15) is 6.92 Å². The van der Waals surface area contributed by atoms with Crippen LogP contribution < -0.4 is 0 Å². The molecule has 0 amide bonds. The van der Waals surface area contributed by atoms with Crippen molar-refractivity contribution in [2.75, 3.05) is 20.3 Å². The zero-order valence-corrected chi connectivity index (χ0v) is 8.36. The van der Waals surface area contributed by atoms with Crippen molar-refractivity contribution in [2.24, 2.45) is 0 Å². The molecule has 1 saturated heterocycles. The van der Waals surface area contributed by atoms with Crippen molar-refractivity contribution in [2.45, 2.75) is 30.5 Å². The standard InChI is InChI=1S/C8H17BO4/c1-5(9)6-7(10)8(11,3-12-2)4-13-6/h5-7,10-11H,3-4,9H2,1-2H3/t5-,6?,7?,8-/m1/s1. The Balaban J connectivity index is 2.63. The maximum absolute atomic E-state index is 9.88. The minimum atomic E-state index is -1.23. The molecule has 2 unspecified atom stereocenters. The third-order valence-corrected chi connectivity index (χ3v) is 2.44. The Morgan fingerprint density at radius 3 is 2.77 bits per heavy atom. The number of aliphatic hydroxyl groups excluding tert-OH is 1. The van der Waals surface area contributed by atoms with Gasteiger partial charge >= 0.3 is 0 Å². The van der Waals surface area contributed by atoms with Gasteiger partial charge in [0, 0.05) is 7.11 Å².